The molecule has 6 heteroatoms. The Morgan fingerprint density at radius 3 is 2.38 bits per heavy atom. The molecule has 0 spiro atoms. The second-order valence-electron chi connectivity index (χ2n) is 2.30. The van der Waals surface area contributed by atoms with Crippen molar-refractivity contribution in [1.29, 1.82) is 0 Å². The van der Waals surface area contributed by atoms with E-state index in [2.05, 4.69) is 0 Å². The van der Waals surface area contributed by atoms with E-state index in [1.807, 2.05) is 0 Å². The number of carbonyl (C=O) groups is 1. The summed E-state index contributed by atoms with van der Waals surface area (Å²) in [7, 11) is 0. The molecule has 0 saturated heterocycles. The van der Waals surface area contributed by atoms with Gasteiger partial charge in [-0.05, 0) is 0 Å². The molecular formula is C7H4F3NO2. The van der Waals surface area contributed by atoms with Gasteiger partial charge < -0.3 is 4.98 Å². The Bertz CT molecular complexity index is 380. The summed E-state index contributed by atoms with van der Waals surface area (Å²) in [5, 5.41) is 0. The van der Waals surface area contributed by atoms with Crippen molar-refractivity contribution in [2.75, 3.05) is 0 Å². The molecule has 0 aliphatic rings. The van der Waals surface area contributed by atoms with Crippen LogP contribution in [0.5, 0.6) is 0 Å². The number of rotatable bonds is 1. The van der Waals surface area contributed by atoms with E-state index in [1.54, 1.807) is 4.98 Å². The number of carbonyl (C=O) groups excluding carboxylic acids is 1. The lowest BCUT2D eigenvalue weighted by Crippen LogP contribution is -2.14. The van der Waals surface area contributed by atoms with Crippen LogP contribution in [-0.4, -0.2) is 11.3 Å². The summed E-state index contributed by atoms with van der Waals surface area (Å²) in [5.74, 6) is 0. The number of aromatic amines is 1. The van der Waals surface area contributed by atoms with E-state index in [4.69, 9.17) is 0 Å². The number of H-pyrrole nitrogens is 1. The molecule has 0 saturated carbocycles. The molecule has 0 radical (unpaired) electrons. The van der Waals surface area contributed by atoms with E-state index in [9.17, 15) is 22.8 Å². The summed E-state index contributed by atoms with van der Waals surface area (Å²) >= 11 is 0. The molecule has 1 aromatic rings. The molecule has 0 aromatic carbocycles. The van der Waals surface area contributed by atoms with Crippen molar-refractivity contribution in [3.63, 3.8) is 0 Å². The number of pyridine rings is 1. The first-order valence-electron chi connectivity index (χ1n) is 3.20. The Kier molecular flexibility index (Phi) is 2.22. The zero-order valence-electron chi connectivity index (χ0n) is 6.18. The van der Waals surface area contributed by atoms with Crippen molar-refractivity contribution in [3.05, 3.63) is 33.7 Å². The third kappa shape index (κ3) is 2.17. The van der Waals surface area contributed by atoms with Gasteiger partial charge in [-0.2, -0.15) is 13.2 Å². The summed E-state index contributed by atoms with van der Waals surface area (Å²) in [6, 6.07) is 1.19. The van der Waals surface area contributed by atoms with Crippen LogP contribution in [0.15, 0.2) is 16.9 Å². The summed E-state index contributed by atoms with van der Waals surface area (Å²) in [5.41, 5.74) is -2.46. The summed E-state index contributed by atoms with van der Waals surface area (Å²) < 4.78 is 36.0. The van der Waals surface area contributed by atoms with Crippen LogP contribution in [-0.2, 0) is 6.18 Å². The van der Waals surface area contributed by atoms with Gasteiger partial charge in [0.25, 0.3) is 0 Å². The van der Waals surface area contributed by atoms with Gasteiger partial charge in [0.05, 0.1) is 5.69 Å². The van der Waals surface area contributed by atoms with E-state index < -0.39 is 17.3 Å². The maximum atomic E-state index is 12.0. The molecule has 0 atom stereocenters. The molecule has 70 valence electrons. The summed E-state index contributed by atoms with van der Waals surface area (Å²) in [6.45, 7) is 0. The summed E-state index contributed by atoms with van der Waals surface area (Å²) in [4.78, 5) is 22.5. The first kappa shape index (κ1) is 9.50. The molecule has 0 aliphatic heterocycles. The molecule has 1 aromatic heterocycles. The molecule has 13 heavy (non-hydrogen) atoms. The smallest absolute Gasteiger partial charge is 0.349 e. The maximum absolute atomic E-state index is 12.0. The van der Waals surface area contributed by atoms with Crippen LogP contribution < -0.4 is 5.43 Å². The van der Waals surface area contributed by atoms with Gasteiger partial charge in [0.2, 0.25) is 0 Å². The van der Waals surface area contributed by atoms with Crippen LogP contribution in [0, 0.1) is 0 Å². The number of alkyl halides is 3. The summed E-state index contributed by atoms with van der Waals surface area (Å²) in [6.07, 6.45) is -4.49. The SMILES string of the molecule is O=Cc1cc(=O)cc(C(F)(F)F)[nH]1. The number of aromatic nitrogens is 1. The average Bonchev–Trinajstić information content (AvgIpc) is 2.01. The Balaban J connectivity index is 3.32. The maximum Gasteiger partial charge on any atom is 0.431 e. The fourth-order valence-corrected chi connectivity index (χ4v) is 0.781. The van der Waals surface area contributed by atoms with Gasteiger partial charge in [-0.25, -0.2) is 0 Å². The topological polar surface area (TPSA) is 49.9 Å². The number of hydrogen-bond acceptors (Lipinski definition) is 2. The molecule has 0 unspecified atom stereocenters. The van der Waals surface area contributed by atoms with Gasteiger partial charge in [-0.3, -0.25) is 9.59 Å². The highest BCUT2D eigenvalue weighted by Crippen LogP contribution is 2.26. The zero-order valence-corrected chi connectivity index (χ0v) is 6.18. The molecule has 3 nitrogen and oxygen atoms in total. The molecule has 0 bridgehead atoms. The predicted octanol–water partition coefficient (Wildman–Crippen LogP) is 1.21. The van der Waals surface area contributed by atoms with E-state index in [-0.39, 0.29) is 12.0 Å². The van der Waals surface area contributed by atoms with Crippen LogP contribution in [0.1, 0.15) is 16.2 Å². The normalized spacial score (nSPS) is 11.3. The van der Waals surface area contributed by atoms with Crippen molar-refractivity contribution in [3.8, 4) is 0 Å². The van der Waals surface area contributed by atoms with Crippen molar-refractivity contribution >= 4 is 6.29 Å². The standard InChI is InChI=1S/C7H4F3NO2/c8-7(9,10)6-2-5(13)1-4(3-12)11-6/h1-3H,(H,11,13). The molecule has 1 N–H and O–H groups in total. The highest BCUT2D eigenvalue weighted by molar-refractivity contribution is 5.71. The van der Waals surface area contributed by atoms with Gasteiger partial charge in [0.15, 0.2) is 11.7 Å². The average molecular weight is 191 g/mol. The van der Waals surface area contributed by atoms with Gasteiger partial charge in [-0.15, -0.1) is 0 Å². The second-order valence-corrected chi connectivity index (χ2v) is 2.30. The number of hydrogen-bond donors (Lipinski definition) is 1. The van der Waals surface area contributed by atoms with Gasteiger partial charge in [-0.1, -0.05) is 0 Å². The van der Waals surface area contributed by atoms with E-state index in [0.29, 0.717) is 6.07 Å². The van der Waals surface area contributed by atoms with Crippen molar-refractivity contribution in [1.82, 2.24) is 4.98 Å². The third-order valence-corrected chi connectivity index (χ3v) is 1.30. The number of aldehydes is 1. The van der Waals surface area contributed by atoms with Crippen LogP contribution in [0.25, 0.3) is 0 Å². The highest BCUT2D eigenvalue weighted by atomic mass is 19.4. The Morgan fingerprint density at radius 1 is 1.31 bits per heavy atom. The molecule has 0 fully saturated rings. The predicted molar refractivity (Wildman–Crippen MR) is 37.5 cm³/mol. The lowest BCUT2D eigenvalue weighted by molar-refractivity contribution is -0.141. The van der Waals surface area contributed by atoms with Crippen molar-refractivity contribution in [2.45, 2.75) is 6.18 Å². The van der Waals surface area contributed by atoms with Gasteiger partial charge in [0.1, 0.15) is 5.69 Å². The van der Waals surface area contributed by atoms with Crippen LogP contribution in [0.3, 0.4) is 0 Å². The Hall–Kier alpha value is -1.59. The largest absolute Gasteiger partial charge is 0.431 e. The van der Waals surface area contributed by atoms with Crippen LogP contribution >= 0.6 is 0 Å². The highest BCUT2D eigenvalue weighted by Gasteiger charge is 2.32. The first-order valence-corrected chi connectivity index (χ1v) is 3.20. The fraction of sp³-hybridized carbons (Fsp3) is 0.143. The van der Waals surface area contributed by atoms with Crippen LogP contribution in [0.2, 0.25) is 0 Å². The quantitative estimate of drug-likeness (QED) is 0.678. The molecule has 1 heterocycles. The molecular weight excluding hydrogens is 187 g/mol. The Morgan fingerprint density at radius 2 is 1.92 bits per heavy atom. The molecule has 1 rings (SSSR count). The fourth-order valence-electron chi connectivity index (χ4n) is 0.781. The Labute approximate surface area is 70.2 Å². The van der Waals surface area contributed by atoms with E-state index in [1.165, 1.54) is 0 Å². The lowest BCUT2D eigenvalue weighted by Gasteiger charge is -2.05. The van der Waals surface area contributed by atoms with Gasteiger partial charge >= 0.3 is 6.18 Å². The minimum absolute atomic E-state index is 0.149. The van der Waals surface area contributed by atoms with E-state index in [0.717, 1.165) is 6.07 Å². The first-order chi connectivity index (χ1) is 5.93. The minimum Gasteiger partial charge on any atom is -0.349 e. The number of nitrogens with one attached hydrogen (secondary N) is 1. The van der Waals surface area contributed by atoms with Crippen LogP contribution in [0.4, 0.5) is 13.2 Å². The zero-order chi connectivity index (χ0) is 10.1. The van der Waals surface area contributed by atoms with E-state index >= 15 is 0 Å². The second kappa shape index (κ2) is 3.04. The monoisotopic (exact) mass is 191 g/mol. The minimum atomic E-state index is -4.64. The van der Waals surface area contributed by atoms with Gasteiger partial charge in [0, 0.05) is 12.1 Å². The van der Waals surface area contributed by atoms with Crippen molar-refractivity contribution in [2.24, 2.45) is 0 Å². The van der Waals surface area contributed by atoms with Crippen molar-refractivity contribution < 1.29 is 18.0 Å². The molecule has 0 amide bonds. The lowest BCUT2D eigenvalue weighted by atomic mass is 10.3. The molecule has 0 aliphatic carbocycles. The number of halogens is 3. The third-order valence-electron chi connectivity index (χ3n) is 1.30.